The van der Waals surface area contributed by atoms with Gasteiger partial charge >= 0.3 is 11.8 Å². The molecule has 0 radical (unpaired) electrons. The Morgan fingerprint density at radius 3 is 2.59 bits per heavy atom. The molecule has 0 amide bonds. The number of hydrogen-bond donors (Lipinski definition) is 1. The maximum absolute atomic E-state index is 12.1. The second-order valence-corrected chi connectivity index (χ2v) is 6.74. The number of carbonyl (C=O) groups is 1. The molecule has 1 aliphatic rings. The van der Waals surface area contributed by atoms with Crippen molar-refractivity contribution in [3.05, 3.63) is 43.0 Å². The lowest BCUT2D eigenvalue weighted by atomic mass is 10.1. The van der Waals surface area contributed by atoms with Gasteiger partial charge in [-0.2, -0.15) is 0 Å². The summed E-state index contributed by atoms with van der Waals surface area (Å²) in [5, 5.41) is 3.65. The Balaban J connectivity index is 1.75. The zero-order valence-corrected chi connectivity index (χ0v) is 17.9. The molecule has 1 N–H and O–H groups in total. The number of H-pyrrole nitrogens is 1. The molecule has 1 aromatic rings. The highest BCUT2D eigenvalue weighted by molar-refractivity contribution is 5.59. The molecule has 1 saturated heterocycles. The molecule has 14 heteroatoms. The fraction of sp³-hybridized carbons (Fsp3) is 0.722. The Bertz CT molecular complexity index is 896. The SMILES string of the molecule is COCCOCCOCCOC(=O)OC[C@H]1O[C@@H](n2cc(C)c(=O)[nH]c2=O)C[C@@H]1N=[N+]=[N-]. The van der Waals surface area contributed by atoms with E-state index in [-0.39, 0.29) is 26.2 Å². The van der Waals surface area contributed by atoms with Gasteiger partial charge in [-0.1, -0.05) is 5.11 Å². The summed E-state index contributed by atoms with van der Waals surface area (Å²) in [7, 11) is 1.58. The zero-order valence-electron chi connectivity index (χ0n) is 17.9. The average molecular weight is 457 g/mol. The highest BCUT2D eigenvalue weighted by Gasteiger charge is 2.37. The quantitative estimate of drug-likeness (QED) is 0.146. The number of nitrogens with zero attached hydrogens (tertiary/aromatic N) is 4. The van der Waals surface area contributed by atoms with Crippen molar-refractivity contribution in [3.8, 4) is 0 Å². The number of hydrogen-bond acceptors (Lipinski definition) is 10. The number of aromatic nitrogens is 2. The summed E-state index contributed by atoms with van der Waals surface area (Å²) in [5.41, 5.74) is 7.95. The van der Waals surface area contributed by atoms with Crippen molar-refractivity contribution in [1.82, 2.24) is 9.55 Å². The van der Waals surface area contributed by atoms with Crippen molar-refractivity contribution >= 4 is 6.16 Å². The normalized spacial score (nSPS) is 20.0. The molecule has 1 aliphatic heterocycles. The Labute approximate surface area is 182 Å². The van der Waals surface area contributed by atoms with Gasteiger partial charge in [-0.25, -0.2) is 9.59 Å². The van der Waals surface area contributed by atoms with Gasteiger partial charge in [0, 0.05) is 30.2 Å². The van der Waals surface area contributed by atoms with E-state index in [1.165, 1.54) is 10.8 Å². The van der Waals surface area contributed by atoms with Gasteiger partial charge in [0.05, 0.1) is 39.1 Å². The third-order valence-electron chi connectivity index (χ3n) is 4.48. The first-order valence-corrected chi connectivity index (χ1v) is 9.92. The molecule has 2 rings (SSSR count). The van der Waals surface area contributed by atoms with E-state index < -0.39 is 35.8 Å². The molecule has 0 bridgehead atoms. The monoisotopic (exact) mass is 457 g/mol. The van der Waals surface area contributed by atoms with Crippen molar-refractivity contribution in [3.63, 3.8) is 0 Å². The number of aryl methyl sites for hydroxylation is 1. The van der Waals surface area contributed by atoms with Gasteiger partial charge in [-0.05, 0) is 12.5 Å². The van der Waals surface area contributed by atoms with E-state index in [2.05, 4.69) is 15.0 Å². The summed E-state index contributed by atoms with van der Waals surface area (Å²) in [6, 6.07) is -0.682. The first kappa shape index (κ1) is 25.4. The average Bonchev–Trinajstić information content (AvgIpc) is 3.16. The molecule has 0 aliphatic carbocycles. The molecule has 0 spiro atoms. The second-order valence-electron chi connectivity index (χ2n) is 6.74. The maximum Gasteiger partial charge on any atom is 0.508 e. The number of carbonyl (C=O) groups excluding carboxylic acids is 1. The van der Waals surface area contributed by atoms with Crippen LogP contribution in [0.5, 0.6) is 0 Å². The zero-order chi connectivity index (χ0) is 23.3. The van der Waals surface area contributed by atoms with Gasteiger partial charge in [0.15, 0.2) is 0 Å². The molecule has 0 unspecified atom stereocenters. The van der Waals surface area contributed by atoms with E-state index in [0.717, 1.165) is 0 Å². The number of azide groups is 1. The predicted molar refractivity (Wildman–Crippen MR) is 108 cm³/mol. The first-order valence-electron chi connectivity index (χ1n) is 9.92. The highest BCUT2D eigenvalue weighted by Crippen LogP contribution is 2.30. The molecule has 2 heterocycles. The minimum Gasteiger partial charge on any atom is -0.432 e. The van der Waals surface area contributed by atoms with Crippen molar-refractivity contribution < 1.29 is 33.2 Å². The Morgan fingerprint density at radius 2 is 1.91 bits per heavy atom. The Hall–Kier alpha value is -2.90. The Kier molecular flexibility index (Phi) is 10.7. The van der Waals surface area contributed by atoms with Crippen molar-refractivity contribution in [2.45, 2.75) is 31.7 Å². The van der Waals surface area contributed by atoms with Crippen LogP contribution in [0.4, 0.5) is 4.79 Å². The first-order chi connectivity index (χ1) is 15.5. The van der Waals surface area contributed by atoms with E-state index >= 15 is 0 Å². The third-order valence-corrected chi connectivity index (χ3v) is 4.48. The Morgan fingerprint density at radius 1 is 1.22 bits per heavy atom. The summed E-state index contributed by atoms with van der Waals surface area (Å²) >= 11 is 0. The molecular formula is C18H27N5O9. The second kappa shape index (κ2) is 13.5. The van der Waals surface area contributed by atoms with Gasteiger partial charge in [0.2, 0.25) is 0 Å². The molecule has 14 nitrogen and oxygen atoms in total. The van der Waals surface area contributed by atoms with Gasteiger partial charge < -0.3 is 28.4 Å². The lowest BCUT2D eigenvalue weighted by molar-refractivity contribution is -0.0459. The van der Waals surface area contributed by atoms with Crippen LogP contribution in [0.3, 0.4) is 0 Å². The fourth-order valence-corrected chi connectivity index (χ4v) is 2.86. The van der Waals surface area contributed by atoms with Crippen molar-refractivity contribution in [2.75, 3.05) is 53.4 Å². The summed E-state index contributed by atoms with van der Waals surface area (Å²) in [4.78, 5) is 40.3. The molecular weight excluding hydrogens is 430 g/mol. The minimum atomic E-state index is -0.936. The van der Waals surface area contributed by atoms with Gasteiger partial charge in [0.1, 0.15) is 25.5 Å². The molecule has 32 heavy (non-hydrogen) atoms. The third kappa shape index (κ3) is 7.98. The van der Waals surface area contributed by atoms with Gasteiger partial charge in [0.25, 0.3) is 5.56 Å². The van der Waals surface area contributed by atoms with Crippen molar-refractivity contribution in [1.29, 1.82) is 0 Å². The largest absolute Gasteiger partial charge is 0.508 e. The lowest BCUT2D eigenvalue weighted by Crippen LogP contribution is -2.33. The van der Waals surface area contributed by atoms with Crippen LogP contribution in [0.25, 0.3) is 10.4 Å². The van der Waals surface area contributed by atoms with Crippen LogP contribution in [-0.4, -0.2) is 81.2 Å². The van der Waals surface area contributed by atoms with E-state index in [1.54, 1.807) is 14.0 Å². The molecule has 1 fully saturated rings. The molecule has 3 atom stereocenters. The van der Waals surface area contributed by atoms with Crippen LogP contribution in [0.2, 0.25) is 0 Å². The van der Waals surface area contributed by atoms with Crippen LogP contribution >= 0.6 is 0 Å². The molecule has 1 aromatic heterocycles. The lowest BCUT2D eigenvalue weighted by Gasteiger charge is -2.16. The maximum atomic E-state index is 12.1. The van der Waals surface area contributed by atoms with Gasteiger partial charge in [-0.3, -0.25) is 14.3 Å². The van der Waals surface area contributed by atoms with Crippen LogP contribution in [0.15, 0.2) is 20.9 Å². The number of rotatable bonds is 13. The minimum absolute atomic E-state index is 0.0170. The molecule has 178 valence electrons. The van der Waals surface area contributed by atoms with Crippen molar-refractivity contribution in [2.24, 2.45) is 5.11 Å². The highest BCUT2D eigenvalue weighted by atomic mass is 16.7. The summed E-state index contributed by atoms with van der Waals surface area (Å²) in [5.74, 6) is 0. The topological polar surface area (TPSA) is 176 Å². The standard InChI is InChI=1S/C18H27N5O9/c1-12-10-23(17(25)20-16(12)24)15-9-13(21-22-19)14(32-15)11-31-18(26)30-8-7-29-6-5-28-4-3-27-2/h10,13-15H,3-9,11H2,1-2H3,(H,20,24,25)/t13-,14+,15+/m0/s1. The number of methoxy groups -OCH3 is 1. The number of aromatic amines is 1. The number of ether oxygens (including phenoxy) is 6. The van der Waals surface area contributed by atoms with Gasteiger partial charge in [-0.15, -0.1) is 0 Å². The fourth-order valence-electron chi connectivity index (χ4n) is 2.86. The van der Waals surface area contributed by atoms with Crippen LogP contribution in [-0.2, 0) is 28.4 Å². The summed E-state index contributed by atoms with van der Waals surface area (Å²) < 4.78 is 32.2. The van der Waals surface area contributed by atoms with E-state index in [4.69, 9.17) is 34.0 Å². The van der Waals surface area contributed by atoms with Crippen LogP contribution < -0.4 is 11.2 Å². The number of nitrogens with one attached hydrogen (secondary N) is 1. The molecule has 0 saturated carbocycles. The van der Waals surface area contributed by atoms with Crippen LogP contribution in [0, 0.1) is 6.92 Å². The van der Waals surface area contributed by atoms with E-state index in [1.807, 2.05) is 0 Å². The smallest absolute Gasteiger partial charge is 0.432 e. The van der Waals surface area contributed by atoms with Crippen LogP contribution in [0.1, 0.15) is 18.2 Å². The van der Waals surface area contributed by atoms with E-state index in [9.17, 15) is 14.4 Å². The summed E-state index contributed by atoms with van der Waals surface area (Å²) in [6.07, 6.45) is -0.993. The summed E-state index contributed by atoms with van der Waals surface area (Å²) in [6.45, 7) is 3.16. The molecule has 0 aromatic carbocycles. The van der Waals surface area contributed by atoms with E-state index in [0.29, 0.717) is 32.0 Å². The predicted octanol–water partition coefficient (Wildman–Crippen LogP) is 0.644.